The van der Waals surface area contributed by atoms with Crippen molar-refractivity contribution in [1.82, 2.24) is 10.1 Å². The van der Waals surface area contributed by atoms with Gasteiger partial charge in [0.15, 0.2) is 0 Å². The molecule has 1 atom stereocenters. The first-order chi connectivity index (χ1) is 8.85. The lowest BCUT2D eigenvalue weighted by Crippen LogP contribution is -2.08. The Morgan fingerprint density at radius 1 is 1.28 bits per heavy atom. The van der Waals surface area contributed by atoms with Gasteiger partial charge in [0.1, 0.15) is 6.10 Å². The molecule has 0 aliphatic rings. The first-order valence-corrected chi connectivity index (χ1v) is 6.09. The molecule has 0 saturated carbocycles. The third kappa shape index (κ3) is 2.87. The topological polar surface area (TPSA) is 60.2 Å². The summed E-state index contributed by atoms with van der Waals surface area (Å²) in [6.45, 7) is 5.25. The number of nitrogens with one attached hydrogen (secondary N) is 1. The molecule has 96 valence electrons. The molecule has 1 aromatic heterocycles. The Morgan fingerprint density at radius 3 is 2.72 bits per heavy atom. The average molecular weight is 247 g/mol. The quantitative estimate of drug-likeness (QED) is 0.850. The van der Waals surface area contributed by atoms with Crippen LogP contribution in [0.3, 0.4) is 0 Å². The largest absolute Gasteiger partial charge is 0.366 e. The van der Waals surface area contributed by atoms with Crippen molar-refractivity contribution in [2.24, 2.45) is 0 Å². The van der Waals surface area contributed by atoms with Crippen molar-refractivity contribution in [3.63, 3.8) is 0 Å². The fourth-order valence-electron chi connectivity index (χ4n) is 1.68. The van der Waals surface area contributed by atoms with E-state index >= 15 is 0 Å². The minimum atomic E-state index is -0.285. The number of aromatic nitrogens is 2. The van der Waals surface area contributed by atoms with Crippen LogP contribution in [0.1, 0.15) is 31.3 Å². The standard InChI is InChI=1S/C13H17N3O2/c1-3-14-13-15-12(16-18-13)11(17-4-2)10-8-6-5-7-9-10/h5-9,11H,3-4H2,1-2H3,(H,14,15,16). The SMILES string of the molecule is CCNc1nc(C(OCC)c2ccccc2)no1. The van der Waals surface area contributed by atoms with Gasteiger partial charge in [-0.25, -0.2) is 0 Å². The van der Waals surface area contributed by atoms with Gasteiger partial charge in [-0.1, -0.05) is 35.5 Å². The van der Waals surface area contributed by atoms with Crippen molar-refractivity contribution >= 4 is 6.01 Å². The third-order valence-electron chi connectivity index (χ3n) is 2.44. The van der Waals surface area contributed by atoms with Gasteiger partial charge in [-0.3, -0.25) is 0 Å². The lowest BCUT2D eigenvalue weighted by Gasteiger charge is -2.13. The molecule has 1 unspecified atom stereocenters. The monoisotopic (exact) mass is 247 g/mol. The number of nitrogens with zero attached hydrogens (tertiary/aromatic N) is 2. The summed E-state index contributed by atoms with van der Waals surface area (Å²) in [5.74, 6) is 0.541. The van der Waals surface area contributed by atoms with Gasteiger partial charge < -0.3 is 14.6 Å². The molecule has 0 fully saturated rings. The van der Waals surface area contributed by atoms with Crippen molar-refractivity contribution in [2.75, 3.05) is 18.5 Å². The zero-order valence-electron chi connectivity index (χ0n) is 10.6. The summed E-state index contributed by atoms with van der Waals surface area (Å²) in [7, 11) is 0. The van der Waals surface area contributed by atoms with E-state index in [4.69, 9.17) is 9.26 Å². The van der Waals surface area contributed by atoms with Crippen molar-refractivity contribution in [3.8, 4) is 0 Å². The number of hydrogen-bond acceptors (Lipinski definition) is 5. The second-order valence-electron chi connectivity index (χ2n) is 3.73. The van der Waals surface area contributed by atoms with E-state index in [0.29, 0.717) is 18.4 Å². The summed E-state index contributed by atoms with van der Waals surface area (Å²) in [5, 5.41) is 6.94. The predicted octanol–water partition coefficient (Wildman–Crippen LogP) is 2.63. The summed E-state index contributed by atoms with van der Waals surface area (Å²) in [6.07, 6.45) is -0.285. The van der Waals surface area contributed by atoms with Gasteiger partial charge in [0.25, 0.3) is 0 Å². The van der Waals surface area contributed by atoms with Crippen LogP contribution in [-0.2, 0) is 4.74 Å². The molecule has 0 spiro atoms. The Bertz CT molecular complexity index is 470. The Kier molecular flexibility index (Phi) is 4.30. The molecule has 0 amide bonds. The van der Waals surface area contributed by atoms with Crippen LogP contribution in [0.5, 0.6) is 0 Å². The Balaban J connectivity index is 2.23. The van der Waals surface area contributed by atoms with Crippen LogP contribution < -0.4 is 5.32 Å². The highest BCUT2D eigenvalue weighted by Crippen LogP contribution is 2.24. The van der Waals surface area contributed by atoms with E-state index in [9.17, 15) is 0 Å². The Labute approximate surface area is 106 Å². The van der Waals surface area contributed by atoms with E-state index in [2.05, 4.69) is 15.5 Å². The van der Waals surface area contributed by atoms with Crippen molar-refractivity contribution < 1.29 is 9.26 Å². The maximum Gasteiger partial charge on any atom is 0.321 e. The van der Waals surface area contributed by atoms with Crippen LogP contribution in [0.2, 0.25) is 0 Å². The molecule has 1 aromatic carbocycles. The predicted molar refractivity (Wildman–Crippen MR) is 68.4 cm³/mol. The molecular formula is C13H17N3O2. The smallest absolute Gasteiger partial charge is 0.321 e. The van der Waals surface area contributed by atoms with Crippen molar-refractivity contribution in [3.05, 3.63) is 41.7 Å². The van der Waals surface area contributed by atoms with Crippen LogP contribution in [-0.4, -0.2) is 23.3 Å². The Hall–Kier alpha value is -1.88. The van der Waals surface area contributed by atoms with Gasteiger partial charge in [0.05, 0.1) is 0 Å². The van der Waals surface area contributed by atoms with Crippen molar-refractivity contribution in [2.45, 2.75) is 20.0 Å². The van der Waals surface area contributed by atoms with Gasteiger partial charge >= 0.3 is 6.01 Å². The van der Waals surface area contributed by atoms with E-state index in [-0.39, 0.29) is 6.10 Å². The molecule has 1 heterocycles. The van der Waals surface area contributed by atoms with E-state index < -0.39 is 0 Å². The second-order valence-corrected chi connectivity index (χ2v) is 3.73. The normalized spacial score (nSPS) is 12.3. The number of rotatable bonds is 6. The summed E-state index contributed by atoms with van der Waals surface area (Å²) in [4.78, 5) is 4.28. The molecule has 5 heteroatoms. The van der Waals surface area contributed by atoms with Gasteiger partial charge in [0, 0.05) is 13.2 Å². The summed E-state index contributed by atoms with van der Waals surface area (Å²) < 4.78 is 10.8. The van der Waals surface area contributed by atoms with Crippen LogP contribution in [0.15, 0.2) is 34.9 Å². The lowest BCUT2D eigenvalue weighted by atomic mass is 10.1. The number of anilines is 1. The van der Waals surface area contributed by atoms with Crippen molar-refractivity contribution in [1.29, 1.82) is 0 Å². The molecule has 0 bridgehead atoms. The van der Waals surface area contributed by atoms with Gasteiger partial charge in [0.2, 0.25) is 5.82 Å². The van der Waals surface area contributed by atoms with Gasteiger partial charge in [-0.15, -0.1) is 0 Å². The highest BCUT2D eigenvalue weighted by molar-refractivity contribution is 5.25. The van der Waals surface area contributed by atoms with Gasteiger partial charge in [-0.2, -0.15) is 4.98 Å². The molecule has 0 saturated heterocycles. The minimum Gasteiger partial charge on any atom is -0.366 e. The molecular weight excluding hydrogens is 230 g/mol. The first-order valence-electron chi connectivity index (χ1n) is 6.09. The van der Waals surface area contributed by atoms with E-state index in [1.54, 1.807) is 0 Å². The molecule has 0 aliphatic carbocycles. The molecule has 2 rings (SSSR count). The summed E-state index contributed by atoms with van der Waals surface area (Å²) in [5.41, 5.74) is 1.02. The average Bonchev–Trinajstić information content (AvgIpc) is 2.86. The fraction of sp³-hybridized carbons (Fsp3) is 0.385. The molecule has 1 N–H and O–H groups in total. The molecule has 18 heavy (non-hydrogen) atoms. The van der Waals surface area contributed by atoms with E-state index in [1.165, 1.54) is 0 Å². The van der Waals surface area contributed by atoms with Gasteiger partial charge in [-0.05, 0) is 19.4 Å². The fourth-order valence-corrected chi connectivity index (χ4v) is 1.68. The van der Waals surface area contributed by atoms with E-state index in [0.717, 1.165) is 12.1 Å². The van der Waals surface area contributed by atoms with Crippen LogP contribution in [0.4, 0.5) is 6.01 Å². The number of ether oxygens (including phenoxy) is 1. The van der Waals surface area contributed by atoms with E-state index in [1.807, 2.05) is 44.2 Å². The molecule has 2 aromatic rings. The molecule has 5 nitrogen and oxygen atoms in total. The maximum atomic E-state index is 5.69. The first kappa shape index (κ1) is 12.6. The van der Waals surface area contributed by atoms with Crippen LogP contribution in [0.25, 0.3) is 0 Å². The number of hydrogen-bond donors (Lipinski definition) is 1. The summed E-state index contributed by atoms with van der Waals surface area (Å²) >= 11 is 0. The number of benzene rings is 1. The minimum absolute atomic E-state index is 0.285. The molecule has 0 radical (unpaired) electrons. The zero-order valence-corrected chi connectivity index (χ0v) is 10.6. The highest BCUT2D eigenvalue weighted by atomic mass is 16.5. The Morgan fingerprint density at radius 2 is 2.06 bits per heavy atom. The highest BCUT2D eigenvalue weighted by Gasteiger charge is 2.20. The molecule has 0 aliphatic heterocycles. The third-order valence-corrected chi connectivity index (χ3v) is 2.44. The maximum absolute atomic E-state index is 5.69. The summed E-state index contributed by atoms with van der Waals surface area (Å²) in [6, 6.07) is 10.3. The zero-order chi connectivity index (χ0) is 12.8. The van der Waals surface area contributed by atoms with Crippen LogP contribution >= 0.6 is 0 Å². The van der Waals surface area contributed by atoms with Crippen LogP contribution in [0, 0.1) is 0 Å². The second kappa shape index (κ2) is 6.16. The lowest BCUT2D eigenvalue weighted by molar-refractivity contribution is 0.0833.